The number of esters is 1. The molecule has 3 aromatic rings. The average molecular weight is 433 g/mol. The molecule has 5 nitrogen and oxygen atoms in total. The summed E-state index contributed by atoms with van der Waals surface area (Å²) in [6, 6.07) is 11.7. The van der Waals surface area contributed by atoms with Crippen LogP contribution in [0.3, 0.4) is 0 Å². The monoisotopic (exact) mass is 433 g/mol. The maximum atomic E-state index is 12.3. The van der Waals surface area contributed by atoms with E-state index in [0.717, 1.165) is 20.3 Å². The number of anilines is 2. The number of hydrogen-bond acceptors (Lipinski definition) is 5. The number of hydrogen-bond donors (Lipinski definition) is 1. The minimum atomic E-state index is -0.402. The molecule has 0 amide bonds. The van der Waals surface area contributed by atoms with Gasteiger partial charge in [-0.05, 0) is 72.8 Å². The van der Waals surface area contributed by atoms with E-state index in [4.69, 9.17) is 4.74 Å². The van der Waals surface area contributed by atoms with E-state index in [1.54, 1.807) is 6.92 Å². The first-order valence-corrected chi connectivity index (χ1v) is 8.62. The molecule has 0 aliphatic rings. The standard InChI is InChI=1S/C18H16IN3O2/c1-3-24-18(23)15-10-20-17-14(9-4-11(2)21-17)16(15)22-13-7-5-12(19)6-8-13/h4-10H,3H2,1-2H3,(H,20,21,22). The van der Waals surface area contributed by atoms with Crippen LogP contribution < -0.4 is 5.32 Å². The van der Waals surface area contributed by atoms with Gasteiger partial charge in [-0.1, -0.05) is 0 Å². The second-order valence-electron chi connectivity index (χ2n) is 5.22. The van der Waals surface area contributed by atoms with Gasteiger partial charge in [-0.15, -0.1) is 0 Å². The Balaban J connectivity index is 2.14. The Kier molecular flexibility index (Phi) is 4.94. The number of carbonyl (C=O) groups excluding carboxylic acids is 1. The van der Waals surface area contributed by atoms with E-state index in [9.17, 15) is 4.79 Å². The molecule has 6 heteroatoms. The summed E-state index contributed by atoms with van der Waals surface area (Å²) in [5.74, 6) is -0.402. The molecule has 0 unspecified atom stereocenters. The van der Waals surface area contributed by atoms with Crippen LogP contribution in [0.2, 0.25) is 0 Å². The molecule has 0 aliphatic carbocycles. The number of benzene rings is 1. The molecular weight excluding hydrogens is 417 g/mol. The van der Waals surface area contributed by atoms with Crippen LogP contribution in [-0.2, 0) is 4.74 Å². The molecule has 0 fully saturated rings. The number of fused-ring (bicyclic) bond motifs is 1. The molecule has 2 heterocycles. The van der Waals surface area contributed by atoms with Gasteiger partial charge >= 0.3 is 5.97 Å². The largest absolute Gasteiger partial charge is 0.462 e. The number of carbonyl (C=O) groups is 1. The number of nitrogens with one attached hydrogen (secondary N) is 1. The van der Waals surface area contributed by atoms with E-state index in [1.807, 2.05) is 43.3 Å². The Morgan fingerprint density at radius 1 is 1.21 bits per heavy atom. The molecule has 0 saturated heterocycles. The summed E-state index contributed by atoms with van der Waals surface area (Å²) in [6.07, 6.45) is 1.52. The predicted octanol–water partition coefficient (Wildman–Crippen LogP) is 4.46. The number of nitrogens with zero attached hydrogens (tertiary/aromatic N) is 2. The van der Waals surface area contributed by atoms with Gasteiger partial charge in [0.05, 0.1) is 12.3 Å². The van der Waals surface area contributed by atoms with Crippen LogP contribution in [0.25, 0.3) is 11.0 Å². The first-order chi connectivity index (χ1) is 11.6. The van der Waals surface area contributed by atoms with Crippen LogP contribution >= 0.6 is 22.6 Å². The molecule has 0 saturated carbocycles. The normalized spacial score (nSPS) is 10.6. The van der Waals surface area contributed by atoms with Crippen LogP contribution in [0.5, 0.6) is 0 Å². The van der Waals surface area contributed by atoms with Gasteiger partial charge in [-0.3, -0.25) is 0 Å². The first kappa shape index (κ1) is 16.6. The maximum absolute atomic E-state index is 12.3. The smallest absolute Gasteiger partial charge is 0.341 e. The number of rotatable bonds is 4. The average Bonchev–Trinajstić information content (AvgIpc) is 2.57. The molecular formula is C18H16IN3O2. The van der Waals surface area contributed by atoms with Crippen molar-refractivity contribution >= 4 is 51.0 Å². The molecule has 122 valence electrons. The van der Waals surface area contributed by atoms with E-state index in [0.29, 0.717) is 23.5 Å². The molecule has 1 aromatic carbocycles. The van der Waals surface area contributed by atoms with E-state index < -0.39 is 5.97 Å². The van der Waals surface area contributed by atoms with Crippen molar-refractivity contribution in [2.45, 2.75) is 13.8 Å². The Morgan fingerprint density at radius 2 is 1.96 bits per heavy atom. The number of aromatic nitrogens is 2. The Labute approximate surface area is 153 Å². The fourth-order valence-corrected chi connectivity index (χ4v) is 2.71. The zero-order chi connectivity index (χ0) is 17.1. The van der Waals surface area contributed by atoms with Gasteiger partial charge < -0.3 is 10.1 Å². The summed E-state index contributed by atoms with van der Waals surface area (Å²) in [6.45, 7) is 4.00. The van der Waals surface area contributed by atoms with Crippen LogP contribution in [0, 0.1) is 10.5 Å². The van der Waals surface area contributed by atoms with Gasteiger partial charge in [0.15, 0.2) is 5.65 Å². The second kappa shape index (κ2) is 7.12. The number of aryl methyl sites for hydroxylation is 1. The van der Waals surface area contributed by atoms with Gasteiger partial charge in [0, 0.05) is 26.5 Å². The molecule has 0 spiro atoms. The fraction of sp³-hybridized carbons (Fsp3) is 0.167. The lowest BCUT2D eigenvalue weighted by molar-refractivity contribution is 0.0527. The highest BCUT2D eigenvalue weighted by molar-refractivity contribution is 14.1. The second-order valence-corrected chi connectivity index (χ2v) is 6.47. The molecule has 0 bridgehead atoms. The van der Waals surface area contributed by atoms with E-state index >= 15 is 0 Å². The fourth-order valence-electron chi connectivity index (χ4n) is 2.35. The zero-order valence-corrected chi connectivity index (χ0v) is 15.5. The lowest BCUT2D eigenvalue weighted by atomic mass is 10.1. The van der Waals surface area contributed by atoms with Gasteiger partial charge in [-0.25, -0.2) is 14.8 Å². The van der Waals surface area contributed by atoms with Gasteiger partial charge in [0.1, 0.15) is 5.56 Å². The van der Waals surface area contributed by atoms with Crippen molar-refractivity contribution in [3.05, 3.63) is 57.4 Å². The van der Waals surface area contributed by atoms with E-state index in [2.05, 4.69) is 37.9 Å². The zero-order valence-electron chi connectivity index (χ0n) is 13.3. The highest BCUT2D eigenvalue weighted by Gasteiger charge is 2.17. The van der Waals surface area contributed by atoms with Crippen LogP contribution in [0.15, 0.2) is 42.6 Å². The third-order valence-electron chi connectivity index (χ3n) is 3.48. The van der Waals surface area contributed by atoms with Gasteiger partial charge in [0.2, 0.25) is 0 Å². The van der Waals surface area contributed by atoms with E-state index in [1.165, 1.54) is 6.20 Å². The molecule has 2 aromatic heterocycles. The minimum absolute atomic E-state index is 0.311. The summed E-state index contributed by atoms with van der Waals surface area (Å²) in [7, 11) is 0. The van der Waals surface area contributed by atoms with Crippen molar-refractivity contribution in [1.82, 2.24) is 9.97 Å². The van der Waals surface area contributed by atoms with Crippen molar-refractivity contribution in [3.8, 4) is 0 Å². The van der Waals surface area contributed by atoms with Gasteiger partial charge in [-0.2, -0.15) is 0 Å². The predicted molar refractivity (Wildman–Crippen MR) is 103 cm³/mol. The Hall–Kier alpha value is -2.22. The summed E-state index contributed by atoms with van der Waals surface area (Å²) in [4.78, 5) is 21.0. The Morgan fingerprint density at radius 3 is 2.67 bits per heavy atom. The molecule has 0 atom stereocenters. The molecule has 24 heavy (non-hydrogen) atoms. The third-order valence-corrected chi connectivity index (χ3v) is 4.20. The van der Waals surface area contributed by atoms with E-state index in [-0.39, 0.29) is 0 Å². The first-order valence-electron chi connectivity index (χ1n) is 7.54. The number of ether oxygens (including phenoxy) is 1. The summed E-state index contributed by atoms with van der Waals surface area (Å²) < 4.78 is 6.30. The maximum Gasteiger partial charge on any atom is 0.341 e. The van der Waals surface area contributed by atoms with Crippen LogP contribution in [0.4, 0.5) is 11.4 Å². The summed E-state index contributed by atoms with van der Waals surface area (Å²) in [5.41, 5.74) is 3.41. The Bertz CT molecular complexity index is 895. The minimum Gasteiger partial charge on any atom is -0.462 e. The van der Waals surface area contributed by atoms with Crippen molar-refractivity contribution in [2.24, 2.45) is 0 Å². The van der Waals surface area contributed by atoms with Crippen LogP contribution in [-0.4, -0.2) is 22.5 Å². The molecule has 0 radical (unpaired) electrons. The SMILES string of the molecule is CCOC(=O)c1cnc2nc(C)ccc2c1Nc1ccc(I)cc1. The van der Waals surface area contributed by atoms with Gasteiger partial charge in [0.25, 0.3) is 0 Å². The van der Waals surface area contributed by atoms with Crippen molar-refractivity contribution < 1.29 is 9.53 Å². The lowest BCUT2D eigenvalue weighted by Gasteiger charge is -2.14. The van der Waals surface area contributed by atoms with Crippen LogP contribution in [0.1, 0.15) is 23.0 Å². The lowest BCUT2D eigenvalue weighted by Crippen LogP contribution is -2.09. The topological polar surface area (TPSA) is 64.1 Å². The quantitative estimate of drug-likeness (QED) is 0.486. The van der Waals surface area contributed by atoms with Crippen molar-refractivity contribution in [3.63, 3.8) is 0 Å². The number of pyridine rings is 2. The molecule has 3 rings (SSSR count). The summed E-state index contributed by atoms with van der Waals surface area (Å²) in [5, 5.41) is 4.10. The van der Waals surface area contributed by atoms with Crippen molar-refractivity contribution in [2.75, 3.05) is 11.9 Å². The third kappa shape index (κ3) is 3.48. The van der Waals surface area contributed by atoms with Crippen molar-refractivity contribution in [1.29, 1.82) is 0 Å². The highest BCUT2D eigenvalue weighted by atomic mass is 127. The highest BCUT2D eigenvalue weighted by Crippen LogP contribution is 2.29. The number of halogens is 1. The molecule has 1 N–H and O–H groups in total. The summed E-state index contributed by atoms with van der Waals surface area (Å²) >= 11 is 2.25. The molecule has 0 aliphatic heterocycles.